The van der Waals surface area contributed by atoms with Gasteiger partial charge in [0.05, 0.1) is 16.6 Å². The van der Waals surface area contributed by atoms with Gasteiger partial charge in [-0.2, -0.15) is 0 Å². The summed E-state index contributed by atoms with van der Waals surface area (Å²) in [6.45, 7) is 5.39. The first-order valence-corrected chi connectivity index (χ1v) is 9.76. The summed E-state index contributed by atoms with van der Waals surface area (Å²) in [5.41, 5.74) is 0. The summed E-state index contributed by atoms with van der Waals surface area (Å²) in [5.74, 6) is 0. The molecule has 1 N–H and O–H groups in total. The van der Waals surface area contributed by atoms with Crippen LogP contribution in [0.5, 0.6) is 0 Å². The standard InChI is InChI=1S/C15H29NO3S/c1-3-16-13-8-6-4-5-7-9-15(13)20(17,18)14-10-11-19-12(14)2/h12-16H,3-11H2,1-2H3. The van der Waals surface area contributed by atoms with Gasteiger partial charge in [0.1, 0.15) is 0 Å². The van der Waals surface area contributed by atoms with Gasteiger partial charge in [-0.1, -0.05) is 32.6 Å². The van der Waals surface area contributed by atoms with Crippen LogP contribution in [0.25, 0.3) is 0 Å². The molecule has 1 aliphatic carbocycles. The minimum absolute atomic E-state index is 0.123. The molecule has 4 nitrogen and oxygen atoms in total. The molecule has 0 spiro atoms. The number of nitrogens with one attached hydrogen (secondary N) is 1. The molecule has 118 valence electrons. The minimum atomic E-state index is -3.11. The fourth-order valence-corrected chi connectivity index (χ4v) is 6.38. The molecule has 2 fully saturated rings. The summed E-state index contributed by atoms with van der Waals surface area (Å²) >= 11 is 0. The van der Waals surface area contributed by atoms with Gasteiger partial charge in [-0.15, -0.1) is 0 Å². The molecule has 0 bridgehead atoms. The SMILES string of the molecule is CCNC1CCCCCCC1S(=O)(=O)C1CCOC1C. The fourth-order valence-electron chi connectivity index (χ4n) is 3.71. The van der Waals surface area contributed by atoms with Crippen molar-refractivity contribution in [3.05, 3.63) is 0 Å². The van der Waals surface area contributed by atoms with Gasteiger partial charge in [0.2, 0.25) is 0 Å². The molecule has 2 aliphatic rings. The van der Waals surface area contributed by atoms with Gasteiger partial charge < -0.3 is 10.1 Å². The molecule has 1 aliphatic heterocycles. The monoisotopic (exact) mass is 303 g/mol. The van der Waals surface area contributed by atoms with E-state index < -0.39 is 9.84 Å². The second-order valence-corrected chi connectivity index (χ2v) is 8.58. The van der Waals surface area contributed by atoms with Gasteiger partial charge in [-0.3, -0.25) is 0 Å². The molecular formula is C15H29NO3S. The molecule has 0 aromatic carbocycles. The maximum atomic E-state index is 13.0. The van der Waals surface area contributed by atoms with E-state index in [4.69, 9.17) is 4.74 Å². The zero-order chi connectivity index (χ0) is 14.6. The van der Waals surface area contributed by atoms with Gasteiger partial charge in [-0.25, -0.2) is 8.42 Å². The van der Waals surface area contributed by atoms with E-state index in [0.717, 1.165) is 32.2 Å². The lowest BCUT2D eigenvalue weighted by Crippen LogP contribution is -2.49. The van der Waals surface area contributed by atoms with E-state index in [1.165, 1.54) is 12.8 Å². The number of ether oxygens (including phenoxy) is 1. The summed E-state index contributed by atoms with van der Waals surface area (Å²) in [5, 5.41) is 2.90. The lowest BCUT2D eigenvalue weighted by atomic mass is 9.96. The Bertz CT molecular complexity index is 396. The number of hydrogen-bond acceptors (Lipinski definition) is 4. The molecule has 2 rings (SSSR count). The average molecular weight is 303 g/mol. The van der Waals surface area contributed by atoms with E-state index in [2.05, 4.69) is 12.2 Å². The van der Waals surface area contributed by atoms with E-state index in [0.29, 0.717) is 13.0 Å². The average Bonchev–Trinajstić information content (AvgIpc) is 2.79. The lowest BCUT2D eigenvalue weighted by molar-refractivity contribution is 0.126. The van der Waals surface area contributed by atoms with Crippen LogP contribution in [0.2, 0.25) is 0 Å². The predicted molar refractivity (Wildman–Crippen MR) is 81.7 cm³/mol. The largest absolute Gasteiger partial charge is 0.377 e. The molecule has 4 unspecified atom stereocenters. The first-order chi connectivity index (χ1) is 9.57. The van der Waals surface area contributed by atoms with Crippen molar-refractivity contribution in [1.82, 2.24) is 5.32 Å². The molecule has 0 aromatic rings. The molecule has 5 heteroatoms. The second kappa shape index (κ2) is 7.23. The Morgan fingerprint density at radius 1 is 1.05 bits per heavy atom. The Morgan fingerprint density at radius 2 is 1.75 bits per heavy atom. The van der Waals surface area contributed by atoms with Crippen molar-refractivity contribution < 1.29 is 13.2 Å². The Morgan fingerprint density at radius 3 is 2.35 bits per heavy atom. The van der Waals surface area contributed by atoms with E-state index in [1.54, 1.807) is 0 Å². The third-order valence-corrected chi connectivity index (χ3v) is 7.69. The second-order valence-electron chi connectivity index (χ2n) is 6.19. The first kappa shape index (κ1) is 16.2. The van der Waals surface area contributed by atoms with E-state index in [1.807, 2.05) is 6.92 Å². The summed E-state index contributed by atoms with van der Waals surface area (Å²) in [4.78, 5) is 0. The van der Waals surface area contributed by atoms with Crippen LogP contribution in [0.1, 0.15) is 58.8 Å². The van der Waals surface area contributed by atoms with Crippen molar-refractivity contribution in [2.24, 2.45) is 0 Å². The van der Waals surface area contributed by atoms with Crippen molar-refractivity contribution in [3.63, 3.8) is 0 Å². The maximum absolute atomic E-state index is 13.0. The van der Waals surface area contributed by atoms with Gasteiger partial charge >= 0.3 is 0 Å². The van der Waals surface area contributed by atoms with Gasteiger partial charge in [0, 0.05) is 12.6 Å². The highest BCUT2D eigenvalue weighted by atomic mass is 32.2. The molecule has 1 heterocycles. The van der Waals surface area contributed by atoms with Crippen LogP contribution < -0.4 is 5.32 Å². The van der Waals surface area contributed by atoms with Crippen LogP contribution >= 0.6 is 0 Å². The Balaban J connectivity index is 2.19. The lowest BCUT2D eigenvalue weighted by Gasteiger charge is -2.32. The van der Waals surface area contributed by atoms with Crippen LogP contribution in [0.4, 0.5) is 0 Å². The van der Waals surface area contributed by atoms with E-state index in [9.17, 15) is 8.42 Å². The third kappa shape index (κ3) is 3.55. The van der Waals surface area contributed by atoms with Gasteiger partial charge in [0.25, 0.3) is 0 Å². The number of hydrogen-bond donors (Lipinski definition) is 1. The third-order valence-electron chi connectivity index (χ3n) is 4.82. The fraction of sp³-hybridized carbons (Fsp3) is 1.00. The Hall–Kier alpha value is -0.130. The highest BCUT2D eigenvalue weighted by Crippen LogP contribution is 2.30. The Kier molecular flexibility index (Phi) is 5.87. The molecule has 20 heavy (non-hydrogen) atoms. The van der Waals surface area contributed by atoms with Gasteiger partial charge in [0.15, 0.2) is 9.84 Å². The molecule has 0 amide bonds. The molecule has 1 saturated heterocycles. The molecular weight excluding hydrogens is 274 g/mol. The molecule has 4 atom stereocenters. The minimum Gasteiger partial charge on any atom is -0.377 e. The smallest absolute Gasteiger partial charge is 0.160 e. The highest BCUT2D eigenvalue weighted by molar-refractivity contribution is 7.92. The number of rotatable bonds is 4. The van der Waals surface area contributed by atoms with Crippen molar-refractivity contribution in [2.45, 2.75) is 81.4 Å². The van der Waals surface area contributed by atoms with E-state index in [-0.39, 0.29) is 22.6 Å². The topological polar surface area (TPSA) is 55.4 Å². The molecule has 0 aromatic heterocycles. The van der Waals surface area contributed by atoms with Crippen LogP contribution in [-0.2, 0) is 14.6 Å². The van der Waals surface area contributed by atoms with Crippen molar-refractivity contribution >= 4 is 9.84 Å². The maximum Gasteiger partial charge on any atom is 0.160 e. The first-order valence-electron chi connectivity index (χ1n) is 8.15. The summed E-state index contributed by atoms with van der Waals surface area (Å²) in [6.07, 6.45) is 6.89. The number of sulfone groups is 1. The summed E-state index contributed by atoms with van der Waals surface area (Å²) < 4.78 is 31.6. The van der Waals surface area contributed by atoms with Gasteiger partial charge in [-0.05, 0) is 32.7 Å². The summed E-state index contributed by atoms with van der Waals surface area (Å²) in [6, 6.07) is 0.123. The van der Waals surface area contributed by atoms with Crippen molar-refractivity contribution in [2.75, 3.05) is 13.2 Å². The normalized spacial score (nSPS) is 36.5. The Labute approximate surface area is 123 Å². The van der Waals surface area contributed by atoms with Crippen molar-refractivity contribution in [3.8, 4) is 0 Å². The quantitative estimate of drug-likeness (QED) is 0.865. The van der Waals surface area contributed by atoms with Crippen LogP contribution in [0, 0.1) is 0 Å². The predicted octanol–water partition coefficient (Wildman–Crippen LogP) is 2.28. The zero-order valence-corrected chi connectivity index (χ0v) is 13.6. The van der Waals surface area contributed by atoms with Crippen LogP contribution in [-0.4, -0.2) is 44.2 Å². The zero-order valence-electron chi connectivity index (χ0n) is 12.8. The van der Waals surface area contributed by atoms with Crippen molar-refractivity contribution in [1.29, 1.82) is 0 Å². The van der Waals surface area contributed by atoms with E-state index >= 15 is 0 Å². The summed E-state index contributed by atoms with van der Waals surface area (Å²) in [7, 11) is -3.11. The van der Waals surface area contributed by atoms with Crippen LogP contribution in [0.15, 0.2) is 0 Å². The van der Waals surface area contributed by atoms with Crippen LogP contribution in [0.3, 0.4) is 0 Å². The highest BCUT2D eigenvalue weighted by Gasteiger charge is 2.43. The molecule has 1 saturated carbocycles. The molecule has 0 radical (unpaired) electrons.